The van der Waals surface area contributed by atoms with Crippen LogP contribution in [0.1, 0.15) is 32.8 Å². The van der Waals surface area contributed by atoms with E-state index in [0.29, 0.717) is 31.1 Å². The third-order valence-electron chi connectivity index (χ3n) is 2.87. The zero-order valence-electron chi connectivity index (χ0n) is 11.4. The van der Waals surface area contributed by atoms with Crippen molar-refractivity contribution in [1.82, 2.24) is 0 Å². The van der Waals surface area contributed by atoms with E-state index in [1.807, 2.05) is 32.0 Å². The Bertz CT molecular complexity index is 377. The van der Waals surface area contributed by atoms with Crippen molar-refractivity contribution < 1.29 is 14.6 Å². The van der Waals surface area contributed by atoms with Crippen molar-refractivity contribution in [3.8, 4) is 11.5 Å². The van der Waals surface area contributed by atoms with Crippen LogP contribution in [0, 0.1) is 0 Å². The van der Waals surface area contributed by atoms with Crippen LogP contribution in [-0.4, -0.2) is 23.9 Å². The van der Waals surface area contributed by atoms with Gasteiger partial charge in [0.2, 0.25) is 0 Å². The van der Waals surface area contributed by atoms with E-state index in [-0.39, 0.29) is 6.61 Å². The molecule has 1 aromatic rings. The van der Waals surface area contributed by atoms with Gasteiger partial charge in [0.15, 0.2) is 11.5 Å². The van der Waals surface area contributed by atoms with Gasteiger partial charge in [-0.15, -0.1) is 0 Å². The molecular formula is C14H23NO3. The quantitative estimate of drug-likeness (QED) is 0.781. The zero-order valence-corrected chi connectivity index (χ0v) is 11.4. The molecular weight excluding hydrogens is 230 g/mol. The first kappa shape index (κ1) is 14.8. The second-order valence-corrected chi connectivity index (χ2v) is 4.52. The van der Waals surface area contributed by atoms with E-state index in [1.54, 1.807) is 6.92 Å². The summed E-state index contributed by atoms with van der Waals surface area (Å²) in [6.07, 6.45) is 0.627. The van der Waals surface area contributed by atoms with Gasteiger partial charge in [-0.25, -0.2) is 0 Å². The van der Waals surface area contributed by atoms with Gasteiger partial charge in [-0.3, -0.25) is 0 Å². The van der Waals surface area contributed by atoms with Crippen molar-refractivity contribution in [2.45, 2.75) is 39.3 Å². The van der Waals surface area contributed by atoms with Crippen molar-refractivity contribution in [2.75, 3.05) is 13.2 Å². The van der Waals surface area contributed by atoms with Crippen molar-refractivity contribution >= 4 is 0 Å². The Hall–Kier alpha value is -1.26. The van der Waals surface area contributed by atoms with E-state index >= 15 is 0 Å². The summed E-state index contributed by atoms with van der Waals surface area (Å²) >= 11 is 0. The van der Waals surface area contributed by atoms with Crippen LogP contribution >= 0.6 is 0 Å². The molecule has 0 fully saturated rings. The molecule has 102 valence electrons. The fraction of sp³-hybridized carbons (Fsp3) is 0.571. The first-order valence-corrected chi connectivity index (χ1v) is 6.34. The van der Waals surface area contributed by atoms with Gasteiger partial charge in [0.25, 0.3) is 0 Å². The van der Waals surface area contributed by atoms with Gasteiger partial charge in [-0.1, -0.05) is 19.1 Å². The Morgan fingerprint density at radius 2 is 2.00 bits per heavy atom. The number of ether oxygens (including phenoxy) is 2. The van der Waals surface area contributed by atoms with Gasteiger partial charge in [0, 0.05) is 12.1 Å². The second-order valence-electron chi connectivity index (χ2n) is 4.52. The number of hydrogen-bond donors (Lipinski definition) is 2. The first-order chi connectivity index (χ1) is 8.54. The fourth-order valence-corrected chi connectivity index (χ4v) is 1.48. The van der Waals surface area contributed by atoms with Crippen LogP contribution in [0.15, 0.2) is 18.2 Å². The van der Waals surface area contributed by atoms with Crippen molar-refractivity contribution in [1.29, 1.82) is 0 Å². The van der Waals surface area contributed by atoms with E-state index in [9.17, 15) is 5.11 Å². The monoisotopic (exact) mass is 253 g/mol. The molecule has 0 aromatic heterocycles. The molecule has 4 heteroatoms. The molecule has 0 radical (unpaired) electrons. The molecule has 0 aliphatic rings. The molecule has 1 rings (SSSR count). The molecule has 1 unspecified atom stereocenters. The standard InChI is InChI=1S/C14H23NO3/c1-4-14(3,16)10-18-13-11(9-15)7-6-8-12(13)17-5-2/h6-8,16H,4-5,9-10,15H2,1-3H3. The first-order valence-electron chi connectivity index (χ1n) is 6.34. The lowest BCUT2D eigenvalue weighted by Gasteiger charge is -2.23. The molecule has 3 N–H and O–H groups in total. The lowest BCUT2D eigenvalue weighted by atomic mass is 10.1. The SMILES string of the molecule is CCOc1cccc(CN)c1OCC(C)(O)CC. The maximum atomic E-state index is 9.97. The summed E-state index contributed by atoms with van der Waals surface area (Å²) in [5, 5.41) is 9.97. The van der Waals surface area contributed by atoms with Crippen molar-refractivity contribution in [3.63, 3.8) is 0 Å². The maximum Gasteiger partial charge on any atom is 0.165 e. The topological polar surface area (TPSA) is 64.7 Å². The van der Waals surface area contributed by atoms with Gasteiger partial charge in [-0.2, -0.15) is 0 Å². The third-order valence-corrected chi connectivity index (χ3v) is 2.87. The lowest BCUT2D eigenvalue weighted by Crippen LogP contribution is -2.31. The Labute approximate surface area is 109 Å². The van der Waals surface area contributed by atoms with Gasteiger partial charge >= 0.3 is 0 Å². The Morgan fingerprint density at radius 3 is 2.56 bits per heavy atom. The number of hydrogen-bond acceptors (Lipinski definition) is 4. The Kier molecular flexibility index (Phi) is 5.44. The van der Waals surface area contributed by atoms with Crippen LogP contribution in [0.2, 0.25) is 0 Å². The Balaban J connectivity index is 2.90. The molecule has 0 bridgehead atoms. The fourth-order valence-electron chi connectivity index (χ4n) is 1.48. The highest BCUT2D eigenvalue weighted by molar-refractivity contribution is 5.46. The van der Waals surface area contributed by atoms with Crippen LogP contribution in [-0.2, 0) is 6.54 Å². The number of nitrogens with two attached hydrogens (primary N) is 1. The number of para-hydroxylation sites is 1. The highest BCUT2D eigenvalue weighted by Gasteiger charge is 2.20. The highest BCUT2D eigenvalue weighted by Crippen LogP contribution is 2.32. The predicted molar refractivity (Wildman–Crippen MR) is 71.9 cm³/mol. The molecule has 18 heavy (non-hydrogen) atoms. The molecule has 0 heterocycles. The molecule has 0 saturated carbocycles. The molecule has 1 aromatic carbocycles. The number of rotatable bonds is 7. The van der Waals surface area contributed by atoms with Gasteiger partial charge in [0.1, 0.15) is 6.61 Å². The highest BCUT2D eigenvalue weighted by atomic mass is 16.5. The predicted octanol–water partition coefficient (Wildman–Crippen LogP) is 2.08. The molecule has 0 aliphatic carbocycles. The van der Waals surface area contributed by atoms with E-state index in [0.717, 1.165) is 5.56 Å². The van der Waals surface area contributed by atoms with E-state index in [2.05, 4.69) is 0 Å². The van der Waals surface area contributed by atoms with Gasteiger partial charge < -0.3 is 20.3 Å². The van der Waals surface area contributed by atoms with Crippen LogP contribution in [0.3, 0.4) is 0 Å². The molecule has 0 spiro atoms. The van der Waals surface area contributed by atoms with Crippen LogP contribution in [0.5, 0.6) is 11.5 Å². The second kappa shape index (κ2) is 6.61. The molecule has 0 saturated heterocycles. The van der Waals surface area contributed by atoms with Gasteiger partial charge in [0.05, 0.1) is 12.2 Å². The smallest absolute Gasteiger partial charge is 0.165 e. The van der Waals surface area contributed by atoms with E-state index in [1.165, 1.54) is 0 Å². The summed E-state index contributed by atoms with van der Waals surface area (Å²) in [5.74, 6) is 1.31. The van der Waals surface area contributed by atoms with Crippen LogP contribution < -0.4 is 15.2 Å². The largest absolute Gasteiger partial charge is 0.490 e. The average Bonchev–Trinajstić information content (AvgIpc) is 2.37. The summed E-state index contributed by atoms with van der Waals surface area (Å²) in [6.45, 7) is 6.75. The summed E-state index contributed by atoms with van der Waals surface area (Å²) in [6, 6.07) is 5.63. The Morgan fingerprint density at radius 1 is 1.28 bits per heavy atom. The minimum atomic E-state index is -0.842. The van der Waals surface area contributed by atoms with Crippen molar-refractivity contribution in [3.05, 3.63) is 23.8 Å². The normalized spacial score (nSPS) is 14.1. The number of benzene rings is 1. The molecule has 0 amide bonds. The summed E-state index contributed by atoms with van der Waals surface area (Å²) in [5.41, 5.74) is 5.73. The summed E-state index contributed by atoms with van der Waals surface area (Å²) in [4.78, 5) is 0. The summed E-state index contributed by atoms with van der Waals surface area (Å²) < 4.78 is 11.2. The molecule has 4 nitrogen and oxygen atoms in total. The minimum absolute atomic E-state index is 0.223. The van der Waals surface area contributed by atoms with Crippen LogP contribution in [0.4, 0.5) is 0 Å². The van der Waals surface area contributed by atoms with Crippen LogP contribution in [0.25, 0.3) is 0 Å². The zero-order chi connectivity index (χ0) is 13.6. The van der Waals surface area contributed by atoms with Gasteiger partial charge in [-0.05, 0) is 26.3 Å². The minimum Gasteiger partial charge on any atom is -0.490 e. The molecule has 1 atom stereocenters. The average molecular weight is 253 g/mol. The third kappa shape index (κ3) is 3.89. The van der Waals surface area contributed by atoms with E-state index < -0.39 is 5.60 Å². The van der Waals surface area contributed by atoms with E-state index in [4.69, 9.17) is 15.2 Å². The maximum absolute atomic E-state index is 9.97. The number of aliphatic hydroxyl groups is 1. The molecule has 0 aliphatic heterocycles. The lowest BCUT2D eigenvalue weighted by molar-refractivity contribution is 0.00732. The summed E-state index contributed by atoms with van der Waals surface area (Å²) in [7, 11) is 0. The van der Waals surface area contributed by atoms with Crippen molar-refractivity contribution in [2.24, 2.45) is 5.73 Å².